The van der Waals surface area contributed by atoms with Crippen molar-refractivity contribution in [1.82, 2.24) is 19.9 Å². The number of alkyl halides is 1. The van der Waals surface area contributed by atoms with Crippen LogP contribution in [0.15, 0.2) is 10.6 Å². The average Bonchev–Trinajstić information content (AvgIpc) is 2.93. The number of aromatic nitrogens is 4. The van der Waals surface area contributed by atoms with Crippen LogP contribution in [0.1, 0.15) is 37.2 Å². The molecule has 0 bridgehead atoms. The minimum absolute atomic E-state index is 0.202. The molecule has 0 aliphatic rings. The first-order valence-corrected chi connectivity index (χ1v) is 6.11. The van der Waals surface area contributed by atoms with Gasteiger partial charge in [-0.3, -0.25) is 4.68 Å². The Kier molecular flexibility index (Phi) is 3.47. The first-order chi connectivity index (χ1) is 8.15. The molecule has 6 heteroatoms. The predicted octanol–water partition coefficient (Wildman–Crippen LogP) is 2.95. The lowest BCUT2D eigenvalue weighted by Gasteiger charge is -1.98. The molecule has 0 saturated carbocycles. The van der Waals surface area contributed by atoms with Gasteiger partial charge < -0.3 is 4.52 Å². The fourth-order valence-electron chi connectivity index (χ4n) is 1.61. The van der Waals surface area contributed by atoms with Gasteiger partial charge in [-0.1, -0.05) is 12.1 Å². The van der Waals surface area contributed by atoms with Crippen molar-refractivity contribution >= 4 is 11.6 Å². The van der Waals surface area contributed by atoms with Crippen molar-refractivity contribution in [3.63, 3.8) is 0 Å². The number of hydrogen-bond donors (Lipinski definition) is 0. The summed E-state index contributed by atoms with van der Waals surface area (Å²) in [6.07, 6.45) is 0.770. The van der Waals surface area contributed by atoms with Crippen molar-refractivity contribution < 1.29 is 4.52 Å². The maximum Gasteiger partial charge on any atom is 0.276 e. The van der Waals surface area contributed by atoms with Gasteiger partial charge in [-0.05, 0) is 26.3 Å². The Morgan fingerprint density at radius 2 is 2.24 bits per heavy atom. The summed E-state index contributed by atoms with van der Waals surface area (Å²) in [6, 6.07) is 1.93. The van der Waals surface area contributed by atoms with Gasteiger partial charge in [0.05, 0.1) is 11.1 Å². The monoisotopic (exact) mass is 254 g/mol. The summed E-state index contributed by atoms with van der Waals surface area (Å²) >= 11 is 6.06. The third-order valence-electron chi connectivity index (χ3n) is 2.50. The highest BCUT2D eigenvalue weighted by atomic mass is 35.5. The van der Waals surface area contributed by atoms with Crippen molar-refractivity contribution in [3.05, 3.63) is 17.6 Å². The smallest absolute Gasteiger partial charge is 0.276 e. The SMILES string of the molecule is CCC(Cl)c1noc(-c2cc(C)nn2CC)n1. The second-order valence-corrected chi connectivity index (χ2v) is 4.35. The van der Waals surface area contributed by atoms with Gasteiger partial charge >= 0.3 is 0 Å². The summed E-state index contributed by atoms with van der Waals surface area (Å²) < 4.78 is 7.06. The third-order valence-corrected chi connectivity index (χ3v) is 3.00. The van der Waals surface area contributed by atoms with Gasteiger partial charge in [0.2, 0.25) is 0 Å². The van der Waals surface area contributed by atoms with E-state index in [1.807, 2.05) is 31.5 Å². The molecule has 0 aliphatic carbocycles. The van der Waals surface area contributed by atoms with Crippen molar-refractivity contribution in [3.8, 4) is 11.6 Å². The lowest BCUT2D eigenvalue weighted by atomic mass is 10.3. The highest BCUT2D eigenvalue weighted by molar-refractivity contribution is 6.20. The van der Waals surface area contributed by atoms with Crippen molar-refractivity contribution in [1.29, 1.82) is 0 Å². The minimum atomic E-state index is -0.202. The molecular formula is C11H15ClN4O. The molecule has 0 radical (unpaired) electrons. The zero-order chi connectivity index (χ0) is 12.4. The molecule has 2 rings (SSSR count). The Bertz CT molecular complexity index is 505. The fraction of sp³-hybridized carbons (Fsp3) is 0.545. The molecule has 0 amide bonds. The maximum atomic E-state index is 6.06. The topological polar surface area (TPSA) is 56.7 Å². The van der Waals surface area contributed by atoms with Gasteiger partial charge in [0.1, 0.15) is 5.69 Å². The molecule has 0 N–H and O–H groups in total. The zero-order valence-electron chi connectivity index (χ0n) is 10.1. The van der Waals surface area contributed by atoms with Crippen molar-refractivity contribution in [2.45, 2.75) is 39.1 Å². The summed E-state index contributed by atoms with van der Waals surface area (Å²) in [5.74, 6) is 1.01. The number of halogens is 1. The van der Waals surface area contributed by atoms with Crippen LogP contribution in [-0.4, -0.2) is 19.9 Å². The van der Waals surface area contributed by atoms with Crippen LogP contribution in [0.25, 0.3) is 11.6 Å². The van der Waals surface area contributed by atoms with Gasteiger partial charge in [0, 0.05) is 6.54 Å². The Morgan fingerprint density at radius 3 is 2.88 bits per heavy atom. The highest BCUT2D eigenvalue weighted by Crippen LogP contribution is 2.24. The van der Waals surface area contributed by atoms with E-state index in [1.165, 1.54) is 0 Å². The van der Waals surface area contributed by atoms with Gasteiger partial charge in [-0.15, -0.1) is 11.6 Å². The van der Waals surface area contributed by atoms with E-state index in [0.29, 0.717) is 11.7 Å². The summed E-state index contributed by atoms with van der Waals surface area (Å²) in [5.41, 5.74) is 1.77. The molecule has 0 fully saturated rings. The van der Waals surface area contributed by atoms with E-state index in [1.54, 1.807) is 0 Å². The normalized spacial score (nSPS) is 12.9. The molecule has 1 unspecified atom stereocenters. The van der Waals surface area contributed by atoms with Crippen molar-refractivity contribution in [2.75, 3.05) is 0 Å². The summed E-state index contributed by atoms with van der Waals surface area (Å²) in [7, 11) is 0. The summed E-state index contributed by atoms with van der Waals surface area (Å²) in [4.78, 5) is 4.30. The number of hydrogen-bond acceptors (Lipinski definition) is 4. The number of rotatable bonds is 4. The second-order valence-electron chi connectivity index (χ2n) is 3.82. The molecule has 17 heavy (non-hydrogen) atoms. The number of nitrogens with zero attached hydrogens (tertiary/aromatic N) is 4. The van der Waals surface area contributed by atoms with Gasteiger partial charge in [-0.2, -0.15) is 10.1 Å². The molecule has 0 aliphatic heterocycles. The summed E-state index contributed by atoms with van der Waals surface area (Å²) in [6.45, 7) is 6.69. The molecule has 0 saturated heterocycles. The third kappa shape index (κ3) is 2.34. The Morgan fingerprint density at radius 1 is 1.47 bits per heavy atom. The van der Waals surface area contributed by atoms with E-state index in [4.69, 9.17) is 16.1 Å². The maximum absolute atomic E-state index is 6.06. The first kappa shape index (κ1) is 12.1. The average molecular weight is 255 g/mol. The Labute approximate surface area is 105 Å². The zero-order valence-corrected chi connectivity index (χ0v) is 10.9. The van der Waals surface area contributed by atoms with Crippen LogP contribution in [-0.2, 0) is 6.54 Å². The second kappa shape index (κ2) is 4.87. The minimum Gasteiger partial charge on any atom is -0.332 e. The predicted molar refractivity (Wildman–Crippen MR) is 64.8 cm³/mol. The van der Waals surface area contributed by atoms with Crippen LogP contribution >= 0.6 is 11.6 Å². The van der Waals surface area contributed by atoms with Crippen LogP contribution in [0, 0.1) is 6.92 Å². The summed E-state index contributed by atoms with van der Waals surface area (Å²) in [5, 5.41) is 8.02. The molecule has 2 aromatic rings. The lowest BCUT2D eigenvalue weighted by Crippen LogP contribution is -1.99. The first-order valence-electron chi connectivity index (χ1n) is 5.68. The van der Waals surface area contributed by atoms with E-state index in [0.717, 1.165) is 24.4 Å². The largest absolute Gasteiger partial charge is 0.332 e. The molecule has 0 spiro atoms. The van der Waals surface area contributed by atoms with E-state index in [9.17, 15) is 0 Å². The number of aryl methyl sites for hydroxylation is 2. The molecular weight excluding hydrogens is 240 g/mol. The van der Waals surface area contributed by atoms with Gasteiger partial charge in [0.25, 0.3) is 5.89 Å². The lowest BCUT2D eigenvalue weighted by molar-refractivity contribution is 0.417. The van der Waals surface area contributed by atoms with Crippen LogP contribution in [0.5, 0.6) is 0 Å². The van der Waals surface area contributed by atoms with Crippen LogP contribution in [0.4, 0.5) is 0 Å². The quantitative estimate of drug-likeness (QED) is 0.787. The van der Waals surface area contributed by atoms with Gasteiger partial charge in [-0.25, -0.2) is 0 Å². The van der Waals surface area contributed by atoms with Gasteiger partial charge in [0.15, 0.2) is 5.82 Å². The van der Waals surface area contributed by atoms with E-state index in [2.05, 4.69) is 15.2 Å². The molecule has 5 nitrogen and oxygen atoms in total. The fourth-order valence-corrected chi connectivity index (χ4v) is 1.70. The molecule has 92 valence electrons. The van der Waals surface area contributed by atoms with Crippen molar-refractivity contribution in [2.24, 2.45) is 0 Å². The molecule has 2 aromatic heterocycles. The Hall–Kier alpha value is -1.36. The van der Waals surface area contributed by atoms with Crippen LogP contribution in [0.2, 0.25) is 0 Å². The van der Waals surface area contributed by atoms with E-state index < -0.39 is 0 Å². The molecule has 1 atom stereocenters. The van der Waals surface area contributed by atoms with E-state index >= 15 is 0 Å². The Balaban J connectivity index is 2.36. The highest BCUT2D eigenvalue weighted by Gasteiger charge is 2.17. The van der Waals surface area contributed by atoms with E-state index in [-0.39, 0.29) is 5.38 Å². The van der Waals surface area contributed by atoms with Crippen LogP contribution in [0.3, 0.4) is 0 Å². The standard InChI is InChI=1S/C11H15ClN4O/c1-4-8(12)10-13-11(17-15-10)9-6-7(3)14-16(9)5-2/h6,8H,4-5H2,1-3H3. The molecule has 2 heterocycles. The molecule has 0 aromatic carbocycles. The van der Waals surface area contributed by atoms with Crippen LogP contribution < -0.4 is 0 Å².